The summed E-state index contributed by atoms with van der Waals surface area (Å²) in [7, 11) is 1.56. The number of carbonyl (C=O) groups is 2. The normalized spacial score (nSPS) is 11.2. The average molecular weight is 429 g/mol. The Morgan fingerprint density at radius 3 is 2.67 bits per heavy atom. The molecule has 0 aliphatic carbocycles. The molecule has 0 fully saturated rings. The summed E-state index contributed by atoms with van der Waals surface area (Å²) >= 11 is 1.16. The molecule has 1 aromatic carbocycles. The van der Waals surface area contributed by atoms with E-state index in [9.17, 15) is 9.59 Å². The summed E-state index contributed by atoms with van der Waals surface area (Å²) in [6, 6.07) is 9.02. The van der Waals surface area contributed by atoms with E-state index < -0.39 is 11.4 Å². The number of aromatic nitrogens is 2. The largest absolute Gasteiger partial charge is 0.496 e. The second-order valence-corrected chi connectivity index (χ2v) is 8.67. The number of hydrogen-bond donors (Lipinski definition) is 1. The maximum atomic E-state index is 12.5. The number of aryl methyl sites for hydroxylation is 1. The number of thiophene rings is 1. The Morgan fingerprint density at radius 2 is 1.97 bits per heavy atom. The third-order valence-electron chi connectivity index (χ3n) is 4.16. The quantitative estimate of drug-likeness (QED) is 0.577. The van der Waals surface area contributed by atoms with Crippen LogP contribution in [0.1, 0.15) is 41.9 Å². The highest BCUT2D eigenvalue weighted by molar-refractivity contribution is 7.18. The molecule has 0 saturated carbocycles. The van der Waals surface area contributed by atoms with Crippen LogP contribution in [0.4, 0.5) is 5.00 Å². The van der Waals surface area contributed by atoms with Gasteiger partial charge in [0.25, 0.3) is 5.89 Å². The second-order valence-electron chi connectivity index (χ2n) is 7.62. The zero-order chi connectivity index (χ0) is 21.9. The third kappa shape index (κ3) is 4.85. The lowest BCUT2D eigenvalue weighted by molar-refractivity contribution is -0.123. The molecule has 158 valence electrons. The average Bonchev–Trinajstić information content (AvgIpc) is 3.32. The van der Waals surface area contributed by atoms with Crippen LogP contribution in [-0.2, 0) is 16.1 Å². The number of carbonyl (C=O) groups excluding carboxylic acids is 2. The molecule has 0 aliphatic heterocycles. The van der Waals surface area contributed by atoms with Gasteiger partial charge in [-0.15, -0.1) is 11.3 Å². The van der Waals surface area contributed by atoms with Crippen LogP contribution < -0.4 is 10.1 Å². The molecule has 1 amide bonds. The first-order valence-corrected chi connectivity index (χ1v) is 10.1. The minimum Gasteiger partial charge on any atom is -0.496 e. The third-order valence-corrected chi connectivity index (χ3v) is 5.30. The van der Waals surface area contributed by atoms with Gasteiger partial charge >= 0.3 is 5.97 Å². The fraction of sp³-hybridized carbons (Fsp3) is 0.333. The lowest BCUT2D eigenvalue weighted by Gasteiger charge is -2.16. The fourth-order valence-corrected chi connectivity index (χ4v) is 3.45. The van der Waals surface area contributed by atoms with Crippen molar-refractivity contribution in [2.45, 2.75) is 34.3 Å². The predicted molar refractivity (Wildman–Crippen MR) is 113 cm³/mol. The minimum atomic E-state index is -0.532. The van der Waals surface area contributed by atoms with E-state index in [4.69, 9.17) is 14.0 Å². The lowest BCUT2D eigenvalue weighted by Crippen LogP contribution is -2.27. The minimum absolute atomic E-state index is 0.126. The van der Waals surface area contributed by atoms with Crippen LogP contribution in [0, 0.1) is 12.3 Å². The number of rotatable bonds is 6. The first-order chi connectivity index (χ1) is 14.2. The van der Waals surface area contributed by atoms with E-state index in [1.165, 1.54) is 0 Å². The van der Waals surface area contributed by atoms with Crippen LogP contribution in [0.15, 0.2) is 34.9 Å². The summed E-state index contributed by atoms with van der Waals surface area (Å²) < 4.78 is 15.8. The summed E-state index contributed by atoms with van der Waals surface area (Å²) in [6.45, 7) is 7.08. The van der Waals surface area contributed by atoms with Crippen molar-refractivity contribution in [2.75, 3.05) is 12.4 Å². The number of esters is 1. The highest BCUT2D eigenvalue weighted by Gasteiger charge is 2.23. The number of hydrogen-bond acceptors (Lipinski definition) is 8. The highest BCUT2D eigenvalue weighted by Crippen LogP contribution is 2.30. The second kappa shape index (κ2) is 8.66. The van der Waals surface area contributed by atoms with Gasteiger partial charge in [-0.3, -0.25) is 4.79 Å². The van der Waals surface area contributed by atoms with Crippen LogP contribution in [0.5, 0.6) is 5.75 Å². The predicted octanol–water partition coefficient (Wildman–Crippen LogP) is 4.46. The van der Waals surface area contributed by atoms with E-state index >= 15 is 0 Å². The van der Waals surface area contributed by atoms with Gasteiger partial charge in [-0.2, -0.15) is 4.98 Å². The Hall–Kier alpha value is -3.20. The summed E-state index contributed by atoms with van der Waals surface area (Å²) in [5.41, 5.74) is 0.861. The molecule has 30 heavy (non-hydrogen) atoms. The molecule has 1 N–H and O–H groups in total. The summed E-state index contributed by atoms with van der Waals surface area (Å²) in [4.78, 5) is 29.3. The van der Waals surface area contributed by atoms with Crippen molar-refractivity contribution < 1.29 is 23.6 Å². The molecule has 3 rings (SSSR count). The van der Waals surface area contributed by atoms with E-state index in [0.717, 1.165) is 16.9 Å². The van der Waals surface area contributed by atoms with Gasteiger partial charge in [0.2, 0.25) is 11.7 Å². The lowest BCUT2D eigenvalue weighted by atomic mass is 9.96. The Bertz CT molecular complexity index is 1060. The number of benzene rings is 1. The number of methoxy groups -OCH3 is 1. The van der Waals surface area contributed by atoms with E-state index in [0.29, 0.717) is 27.0 Å². The molecule has 9 heteroatoms. The van der Waals surface area contributed by atoms with Crippen molar-refractivity contribution in [3.05, 3.63) is 46.7 Å². The first-order valence-electron chi connectivity index (χ1n) is 9.24. The fourth-order valence-electron chi connectivity index (χ4n) is 2.49. The molecular weight excluding hydrogens is 406 g/mol. The monoisotopic (exact) mass is 429 g/mol. The van der Waals surface area contributed by atoms with Gasteiger partial charge < -0.3 is 19.3 Å². The molecule has 8 nitrogen and oxygen atoms in total. The van der Waals surface area contributed by atoms with E-state index in [-0.39, 0.29) is 18.4 Å². The van der Waals surface area contributed by atoms with Crippen LogP contribution >= 0.6 is 11.3 Å². The molecule has 0 unspecified atom stereocenters. The van der Waals surface area contributed by atoms with E-state index in [1.54, 1.807) is 26.2 Å². The van der Waals surface area contributed by atoms with Gasteiger partial charge in [0.1, 0.15) is 10.6 Å². The molecule has 0 spiro atoms. The standard InChI is InChI=1S/C21H23N3O5S/c1-12-10-16(23-20(26)21(2,3)4)30-17(12)19(25)28-11-15-22-18(24-29-15)13-8-6-7-9-14(13)27-5/h6-10H,11H2,1-5H3,(H,23,26). The van der Waals surface area contributed by atoms with Crippen molar-refractivity contribution in [1.82, 2.24) is 10.1 Å². The summed E-state index contributed by atoms with van der Waals surface area (Å²) in [6.07, 6.45) is 0. The van der Waals surface area contributed by atoms with Crippen molar-refractivity contribution in [1.29, 1.82) is 0 Å². The van der Waals surface area contributed by atoms with Gasteiger partial charge in [-0.05, 0) is 30.7 Å². The van der Waals surface area contributed by atoms with Crippen molar-refractivity contribution in [2.24, 2.45) is 5.41 Å². The Balaban J connectivity index is 1.65. The molecule has 2 heterocycles. The molecule has 0 saturated heterocycles. The topological polar surface area (TPSA) is 104 Å². The zero-order valence-electron chi connectivity index (χ0n) is 17.4. The summed E-state index contributed by atoms with van der Waals surface area (Å²) in [5, 5.41) is 7.34. The molecule has 0 atom stereocenters. The Morgan fingerprint density at radius 1 is 1.23 bits per heavy atom. The van der Waals surface area contributed by atoms with Crippen LogP contribution in [0.3, 0.4) is 0 Å². The van der Waals surface area contributed by atoms with Crippen LogP contribution in [0.2, 0.25) is 0 Å². The first kappa shape index (κ1) is 21.5. The summed E-state index contributed by atoms with van der Waals surface area (Å²) in [5.74, 6) is 0.475. The number of anilines is 1. The smallest absolute Gasteiger partial charge is 0.349 e. The molecule has 0 bridgehead atoms. The van der Waals surface area contributed by atoms with Gasteiger partial charge in [0, 0.05) is 5.41 Å². The highest BCUT2D eigenvalue weighted by atomic mass is 32.1. The van der Waals surface area contributed by atoms with Crippen molar-refractivity contribution in [3.8, 4) is 17.1 Å². The van der Waals surface area contributed by atoms with Crippen molar-refractivity contribution >= 4 is 28.2 Å². The van der Waals surface area contributed by atoms with Gasteiger partial charge in [-0.25, -0.2) is 4.79 Å². The van der Waals surface area contributed by atoms with E-state index in [1.807, 2.05) is 39.0 Å². The van der Waals surface area contributed by atoms with Crippen LogP contribution in [-0.4, -0.2) is 29.1 Å². The SMILES string of the molecule is COc1ccccc1-c1noc(COC(=O)c2sc(NC(=O)C(C)(C)C)cc2C)n1. The van der Waals surface area contributed by atoms with Crippen LogP contribution in [0.25, 0.3) is 11.4 Å². The van der Waals surface area contributed by atoms with Gasteiger partial charge in [-0.1, -0.05) is 38.1 Å². The zero-order valence-corrected chi connectivity index (χ0v) is 18.3. The maximum Gasteiger partial charge on any atom is 0.349 e. The molecular formula is C21H23N3O5S. The molecule has 3 aromatic rings. The molecule has 0 radical (unpaired) electrons. The number of nitrogens with one attached hydrogen (secondary N) is 1. The van der Waals surface area contributed by atoms with Crippen molar-refractivity contribution in [3.63, 3.8) is 0 Å². The maximum absolute atomic E-state index is 12.5. The molecule has 2 aromatic heterocycles. The Kier molecular flexibility index (Phi) is 6.21. The van der Waals surface area contributed by atoms with Gasteiger partial charge in [0.15, 0.2) is 6.61 Å². The number of ether oxygens (including phenoxy) is 2. The number of nitrogens with zero attached hydrogens (tertiary/aromatic N) is 2. The van der Waals surface area contributed by atoms with E-state index in [2.05, 4.69) is 15.5 Å². The van der Waals surface area contributed by atoms with Gasteiger partial charge in [0.05, 0.1) is 17.7 Å². The molecule has 0 aliphatic rings. The number of para-hydroxylation sites is 1. The Labute approximate surface area is 178 Å². The number of amides is 1.